The summed E-state index contributed by atoms with van der Waals surface area (Å²) < 4.78 is 5.25. The van der Waals surface area contributed by atoms with Crippen LogP contribution in [-0.4, -0.2) is 76.4 Å². The van der Waals surface area contributed by atoms with Crippen LogP contribution in [0.15, 0.2) is 18.5 Å². The molecule has 1 spiro atoms. The lowest BCUT2D eigenvalue weighted by Gasteiger charge is -2.42. The van der Waals surface area contributed by atoms with Gasteiger partial charge in [-0.15, -0.1) is 0 Å². The summed E-state index contributed by atoms with van der Waals surface area (Å²) in [5, 5.41) is 0. The highest BCUT2D eigenvalue weighted by molar-refractivity contribution is 6.07. The Morgan fingerprint density at radius 1 is 1.29 bits per heavy atom. The van der Waals surface area contributed by atoms with Crippen LogP contribution >= 0.6 is 0 Å². The number of likely N-dealkylation sites (tertiary alicyclic amines) is 1. The van der Waals surface area contributed by atoms with Crippen molar-refractivity contribution in [2.24, 2.45) is 5.92 Å². The zero-order valence-electron chi connectivity index (χ0n) is 17.0. The van der Waals surface area contributed by atoms with E-state index in [1.165, 1.54) is 18.2 Å². The number of pyridine rings is 1. The van der Waals surface area contributed by atoms with Crippen LogP contribution in [0.4, 0.5) is 4.79 Å². The molecule has 0 N–H and O–H groups in total. The van der Waals surface area contributed by atoms with E-state index >= 15 is 0 Å². The summed E-state index contributed by atoms with van der Waals surface area (Å²) in [7, 11) is 1.50. The summed E-state index contributed by atoms with van der Waals surface area (Å²) in [5.41, 5.74) is -0.382. The Balaban J connectivity index is 1.81. The van der Waals surface area contributed by atoms with Gasteiger partial charge in [-0.1, -0.05) is 13.8 Å². The first kappa shape index (κ1) is 20.1. The zero-order chi connectivity index (χ0) is 20.5. The van der Waals surface area contributed by atoms with E-state index in [4.69, 9.17) is 4.74 Å². The summed E-state index contributed by atoms with van der Waals surface area (Å²) in [4.78, 5) is 47.6. The van der Waals surface area contributed by atoms with Gasteiger partial charge in [-0.25, -0.2) is 4.79 Å². The van der Waals surface area contributed by atoms with Crippen molar-refractivity contribution in [3.05, 3.63) is 24.0 Å². The fourth-order valence-corrected chi connectivity index (χ4v) is 4.13. The summed E-state index contributed by atoms with van der Waals surface area (Å²) >= 11 is 0. The Bertz CT molecular complexity index is 771. The maximum atomic E-state index is 13.1. The molecule has 2 saturated heterocycles. The zero-order valence-corrected chi connectivity index (χ0v) is 17.0. The molecule has 28 heavy (non-hydrogen) atoms. The van der Waals surface area contributed by atoms with Crippen LogP contribution in [0.2, 0.25) is 0 Å². The molecule has 0 radical (unpaired) electrons. The molecule has 2 aliphatic rings. The van der Waals surface area contributed by atoms with Crippen LogP contribution in [0.1, 0.15) is 44.0 Å². The van der Waals surface area contributed by atoms with Crippen molar-refractivity contribution in [3.8, 4) is 5.75 Å². The third kappa shape index (κ3) is 3.21. The van der Waals surface area contributed by atoms with Crippen LogP contribution in [0.5, 0.6) is 5.75 Å². The monoisotopic (exact) mass is 388 g/mol. The first-order valence-electron chi connectivity index (χ1n) is 9.76. The molecule has 1 aromatic heterocycles. The standard InChI is InChI=1S/C20H28N4O4/c1-5-23-18(26)20(24(19(23)27)13-14(2)3)7-10-22(11-8-20)17(25)15-6-9-21-12-16(15)28-4/h6,9,12,14H,5,7-8,10-11,13H2,1-4H3. The van der Waals surface area contributed by atoms with Crippen molar-refractivity contribution in [2.45, 2.75) is 39.2 Å². The highest BCUT2D eigenvalue weighted by Gasteiger charge is 2.57. The Kier molecular flexibility index (Phi) is 5.58. The molecule has 0 bridgehead atoms. The molecular formula is C20H28N4O4. The highest BCUT2D eigenvalue weighted by Crippen LogP contribution is 2.38. The number of likely N-dealkylation sites (N-methyl/N-ethyl adjacent to an activating group) is 1. The lowest BCUT2D eigenvalue weighted by Crippen LogP contribution is -2.58. The average molecular weight is 388 g/mol. The number of urea groups is 1. The Morgan fingerprint density at radius 2 is 1.96 bits per heavy atom. The Morgan fingerprint density at radius 3 is 2.54 bits per heavy atom. The van der Waals surface area contributed by atoms with Crippen LogP contribution in [0.25, 0.3) is 0 Å². The number of carbonyl (C=O) groups excluding carboxylic acids is 3. The lowest BCUT2D eigenvalue weighted by molar-refractivity contribution is -0.135. The van der Waals surface area contributed by atoms with Crippen LogP contribution in [0.3, 0.4) is 0 Å². The van der Waals surface area contributed by atoms with Gasteiger partial charge in [0, 0.05) is 32.4 Å². The van der Waals surface area contributed by atoms with Crippen molar-refractivity contribution in [1.29, 1.82) is 0 Å². The molecular weight excluding hydrogens is 360 g/mol. The molecule has 8 nitrogen and oxygen atoms in total. The van der Waals surface area contributed by atoms with Gasteiger partial charge >= 0.3 is 6.03 Å². The first-order chi connectivity index (χ1) is 13.4. The Labute approximate surface area is 165 Å². The molecule has 0 unspecified atom stereocenters. The quantitative estimate of drug-likeness (QED) is 0.721. The van der Waals surface area contributed by atoms with Crippen LogP contribution in [-0.2, 0) is 4.79 Å². The topological polar surface area (TPSA) is 83.1 Å². The number of imide groups is 1. The molecule has 3 heterocycles. The summed E-state index contributed by atoms with van der Waals surface area (Å²) in [6, 6.07) is 1.43. The third-order valence-corrected chi connectivity index (χ3v) is 5.60. The van der Waals surface area contributed by atoms with Gasteiger partial charge < -0.3 is 14.5 Å². The van der Waals surface area contributed by atoms with Gasteiger partial charge in [0.05, 0.1) is 18.9 Å². The number of ether oxygens (including phenoxy) is 1. The third-order valence-electron chi connectivity index (χ3n) is 5.60. The second-order valence-corrected chi connectivity index (χ2v) is 7.74. The summed E-state index contributed by atoms with van der Waals surface area (Å²) in [6.07, 6.45) is 3.96. The molecule has 8 heteroatoms. The normalized spacial score (nSPS) is 19.1. The number of hydrogen-bond donors (Lipinski definition) is 0. The average Bonchev–Trinajstić information content (AvgIpc) is 2.88. The molecule has 2 aliphatic heterocycles. The first-order valence-corrected chi connectivity index (χ1v) is 9.76. The second kappa shape index (κ2) is 7.77. The largest absolute Gasteiger partial charge is 0.494 e. The molecule has 0 atom stereocenters. The van der Waals surface area contributed by atoms with Gasteiger partial charge in [0.1, 0.15) is 11.3 Å². The number of rotatable bonds is 5. The number of nitrogens with zero attached hydrogens (tertiary/aromatic N) is 4. The van der Waals surface area contributed by atoms with E-state index in [2.05, 4.69) is 4.98 Å². The Hall–Kier alpha value is -2.64. The number of hydrogen-bond acceptors (Lipinski definition) is 5. The molecule has 2 fully saturated rings. The van der Waals surface area contributed by atoms with Crippen molar-refractivity contribution in [1.82, 2.24) is 19.7 Å². The minimum absolute atomic E-state index is 0.130. The van der Waals surface area contributed by atoms with Gasteiger partial charge in [0.15, 0.2) is 0 Å². The van der Waals surface area contributed by atoms with Crippen molar-refractivity contribution >= 4 is 17.8 Å². The number of methoxy groups -OCH3 is 1. The van der Waals surface area contributed by atoms with Crippen LogP contribution in [0, 0.1) is 5.92 Å². The van der Waals surface area contributed by atoms with E-state index in [1.807, 2.05) is 20.8 Å². The fourth-order valence-electron chi connectivity index (χ4n) is 4.13. The SMILES string of the molecule is CCN1C(=O)N(CC(C)C)C2(CCN(C(=O)c3ccncc3OC)CC2)C1=O. The summed E-state index contributed by atoms with van der Waals surface area (Å²) in [5.74, 6) is 0.410. The summed E-state index contributed by atoms with van der Waals surface area (Å²) in [6.45, 7) is 7.61. The van der Waals surface area contributed by atoms with E-state index in [1.54, 1.807) is 22.1 Å². The number of aromatic nitrogens is 1. The van der Waals surface area contributed by atoms with Crippen molar-refractivity contribution in [3.63, 3.8) is 0 Å². The fraction of sp³-hybridized carbons (Fsp3) is 0.600. The molecule has 4 amide bonds. The molecule has 3 rings (SSSR count). The van der Waals surface area contributed by atoms with Gasteiger partial charge in [-0.3, -0.25) is 19.5 Å². The van der Waals surface area contributed by atoms with E-state index in [0.717, 1.165) is 0 Å². The molecule has 0 saturated carbocycles. The molecule has 1 aromatic rings. The van der Waals surface area contributed by atoms with E-state index in [0.29, 0.717) is 50.3 Å². The maximum Gasteiger partial charge on any atom is 0.327 e. The molecule has 0 aromatic carbocycles. The lowest BCUT2D eigenvalue weighted by atomic mass is 9.85. The van der Waals surface area contributed by atoms with Gasteiger partial charge in [-0.2, -0.15) is 0 Å². The number of amides is 4. The van der Waals surface area contributed by atoms with E-state index < -0.39 is 5.54 Å². The second-order valence-electron chi connectivity index (χ2n) is 7.74. The van der Waals surface area contributed by atoms with Crippen molar-refractivity contribution in [2.75, 3.05) is 33.3 Å². The number of carbonyl (C=O) groups is 3. The van der Waals surface area contributed by atoms with E-state index in [-0.39, 0.29) is 23.8 Å². The van der Waals surface area contributed by atoms with E-state index in [9.17, 15) is 14.4 Å². The predicted octanol–water partition coefficient (Wildman–Crippen LogP) is 2.01. The van der Waals surface area contributed by atoms with Gasteiger partial charge in [0.2, 0.25) is 0 Å². The number of piperidine rings is 1. The minimum Gasteiger partial charge on any atom is -0.494 e. The minimum atomic E-state index is -0.837. The predicted molar refractivity (Wildman–Crippen MR) is 103 cm³/mol. The highest BCUT2D eigenvalue weighted by atomic mass is 16.5. The van der Waals surface area contributed by atoms with Crippen LogP contribution < -0.4 is 4.74 Å². The van der Waals surface area contributed by atoms with Gasteiger partial charge in [0.25, 0.3) is 11.8 Å². The smallest absolute Gasteiger partial charge is 0.327 e. The van der Waals surface area contributed by atoms with Crippen molar-refractivity contribution < 1.29 is 19.1 Å². The molecule has 0 aliphatic carbocycles. The van der Waals surface area contributed by atoms with Gasteiger partial charge in [-0.05, 0) is 31.7 Å². The maximum absolute atomic E-state index is 13.1. The molecule has 152 valence electrons.